The molecular weight excluding hydrogens is 536 g/mol. The number of rotatable bonds is 10. The van der Waals surface area contributed by atoms with Gasteiger partial charge in [0.25, 0.3) is 5.91 Å². The zero-order valence-corrected chi connectivity index (χ0v) is 24.4. The Morgan fingerprint density at radius 3 is 2.21 bits per heavy atom. The number of methoxy groups -OCH3 is 4. The second-order valence-corrected chi connectivity index (χ2v) is 9.34. The summed E-state index contributed by atoms with van der Waals surface area (Å²) < 4.78 is 22.1. The lowest BCUT2D eigenvalue weighted by Crippen LogP contribution is -2.24. The molecule has 0 saturated heterocycles. The van der Waals surface area contributed by atoms with E-state index in [-0.39, 0.29) is 0 Å². The second-order valence-electron chi connectivity index (χ2n) is 9.34. The fourth-order valence-electron chi connectivity index (χ4n) is 4.10. The largest absolute Gasteiger partial charge is 0.494 e. The van der Waals surface area contributed by atoms with Crippen LogP contribution in [0.1, 0.15) is 12.5 Å². The number of aliphatic imine (C=N–C) groups is 2. The van der Waals surface area contributed by atoms with E-state index in [4.69, 9.17) is 28.9 Å². The number of hydrogen-bond donors (Lipinski definition) is 3. The summed E-state index contributed by atoms with van der Waals surface area (Å²) >= 11 is 0. The highest BCUT2D eigenvalue weighted by atomic mass is 16.5. The number of amides is 1. The molecule has 10 heteroatoms. The summed E-state index contributed by atoms with van der Waals surface area (Å²) in [5, 5.41) is 15.4. The van der Waals surface area contributed by atoms with Crippen molar-refractivity contribution in [3.8, 4) is 17.2 Å². The second kappa shape index (κ2) is 13.5. The van der Waals surface area contributed by atoms with Gasteiger partial charge in [-0.15, -0.1) is 0 Å². The molecule has 10 nitrogen and oxygen atoms in total. The third-order valence-corrected chi connectivity index (χ3v) is 6.30. The number of carbonyl (C=O) groups is 1. The Hall–Kier alpha value is -5.09. The molecule has 218 valence electrons. The van der Waals surface area contributed by atoms with Gasteiger partial charge in [0.2, 0.25) is 0 Å². The van der Waals surface area contributed by atoms with Crippen LogP contribution in [0.3, 0.4) is 0 Å². The number of hydrogen-bond acceptors (Lipinski definition) is 9. The predicted octanol–water partition coefficient (Wildman–Crippen LogP) is 6.03. The number of aliphatic hydroxyl groups excluding tert-OH is 1. The van der Waals surface area contributed by atoms with Gasteiger partial charge in [-0.25, -0.2) is 9.98 Å². The van der Waals surface area contributed by atoms with E-state index in [9.17, 15) is 9.90 Å². The topological polar surface area (TPSA) is 123 Å². The van der Waals surface area contributed by atoms with Crippen LogP contribution < -0.4 is 24.8 Å². The van der Waals surface area contributed by atoms with Crippen LogP contribution in [-0.4, -0.2) is 57.0 Å². The minimum Gasteiger partial charge on any atom is -0.494 e. The molecule has 0 saturated carbocycles. The van der Waals surface area contributed by atoms with Crippen molar-refractivity contribution in [2.45, 2.75) is 20.0 Å². The Morgan fingerprint density at radius 1 is 0.810 bits per heavy atom. The van der Waals surface area contributed by atoms with E-state index < -0.39 is 12.0 Å². The highest BCUT2D eigenvalue weighted by Gasteiger charge is 2.15. The zero-order chi connectivity index (χ0) is 30.2. The summed E-state index contributed by atoms with van der Waals surface area (Å²) in [6.45, 7) is 3.40. The molecule has 1 aliphatic rings. The van der Waals surface area contributed by atoms with Gasteiger partial charge < -0.3 is 34.7 Å². The SMILES string of the molecule is COC1=CC(=Nc2ccc(C)cc2OC)C=CC1=Nc1ccc(Nc2ccc(NC(=O)C(C)O)c(OC)c2)c(OC)c1. The van der Waals surface area contributed by atoms with Gasteiger partial charge in [-0.1, -0.05) is 6.07 Å². The number of aryl methyl sites for hydroxylation is 1. The van der Waals surface area contributed by atoms with Crippen LogP contribution in [0, 0.1) is 6.92 Å². The lowest BCUT2D eigenvalue weighted by molar-refractivity contribution is -0.123. The predicted molar refractivity (Wildman–Crippen MR) is 166 cm³/mol. The van der Waals surface area contributed by atoms with Gasteiger partial charge in [0.1, 0.15) is 40.5 Å². The number of aliphatic hydroxyl groups is 1. The molecule has 1 atom stereocenters. The molecule has 1 aliphatic carbocycles. The molecule has 0 radical (unpaired) electrons. The number of allylic oxidation sites excluding steroid dienone is 3. The molecule has 0 heterocycles. The van der Waals surface area contributed by atoms with Crippen LogP contribution >= 0.6 is 0 Å². The summed E-state index contributed by atoms with van der Waals surface area (Å²) in [5.74, 6) is 1.74. The number of carbonyl (C=O) groups excluding carboxylic acids is 1. The van der Waals surface area contributed by atoms with E-state index in [1.807, 2.05) is 61.5 Å². The molecule has 3 aromatic rings. The smallest absolute Gasteiger partial charge is 0.253 e. The van der Waals surface area contributed by atoms with Gasteiger partial charge in [0, 0.05) is 23.9 Å². The Morgan fingerprint density at radius 2 is 1.52 bits per heavy atom. The lowest BCUT2D eigenvalue weighted by atomic mass is 10.1. The van der Waals surface area contributed by atoms with Crippen LogP contribution in [0.2, 0.25) is 0 Å². The van der Waals surface area contributed by atoms with Gasteiger partial charge in [-0.2, -0.15) is 0 Å². The summed E-state index contributed by atoms with van der Waals surface area (Å²) in [6.07, 6.45) is 4.40. The van der Waals surface area contributed by atoms with Gasteiger partial charge >= 0.3 is 0 Å². The van der Waals surface area contributed by atoms with Crippen molar-refractivity contribution in [3.63, 3.8) is 0 Å². The first-order chi connectivity index (χ1) is 20.2. The number of benzene rings is 3. The van der Waals surface area contributed by atoms with Crippen LogP contribution in [0.5, 0.6) is 17.2 Å². The summed E-state index contributed by atoms with van der Waals surface area (Å²) in [6, 6.07) is 16.6. The monoisotopic (exact) mass is 570 g/mol. The molecule has 1 amide bonds. The van der Waals surface area contributed by atoms with E-state index in [0.29, 0.717) is 57.2 Å². The molecule has 42 heavy (non-hydrogen) atoms. The van der Waals surface area contributed by atoms with Crippen molar-refractivity contribution in [2.24, 2.45) is 9.98 Å². The van der Waals surface area contributed by atoms with E-state index in [2.05, 4.69) is 10.6 Å². The Balaban J connectivity index is 1.55. The maximum atomic E-state index is 11.9. The molecule has 3 N–H and O–H groups in total. The van der Waals surface area contributed by atoms with E-state index in [1.54, 1.807) is 39.5 Å². The standard InChI is InChI=1S/C32H34N4O6/c1-19-7-11-24(28(15-19)39-3)33-21-8-12-25(29(16-21)40-4)34-22-9-13-26(30(17-22)41-5)35-23-10-14-27(31(18-23)42-6)36-32(38)20(2)37/h7-18,20,35,37H,1-6H3,(H,36,38). The minimum atomic E-state index is -1.14. The third kappa shape index (κ3) is 7.15. The maximum Gasteiger partial charge on any atom is 0.253 e. The summed E-state index contributed by atoms with van der Waals surface area (Å²) in [4.78, 5) is 21.4. The van der Waals surface area contributed by atoms with Crippen LogP contribution in [0.15, 0.2) is 88.6 Å². The van der Waals surface area contributed by atoms with Crippen molar-refractivity contribution in [1.29, 1.82) is 0 Å². The van der Waals surface area contributed by atoms with Gasteiger partial charge in [-0.3, -0.25) is 4.79 Å². The average Bonchev–Trinajstić information content (AvgIpc) is 2.99. The van der Waals surface area contributed by atoms with Gasteiger partial charge in [0.15, 0.2) is 0 Å². The quantitative estimate of drug-likeness (QED) is 0.254. The van der Waals surface area contributed by atoms with Crippen LogP contribution in [0.4, 0.5) is 28.4 Å². The highest BCUT2D eigenvalue weighted by Crippen LogP contribution is 2.35. The number of nitrogens with one attached hydrogen (secondary N) is 2. The average molecular weight is 571 g/mol. The molecule has 4 rings (SSSR count). The first-order valence-corrected chi connectivity index (χ1v) is 13.1. The molecule has 0 aromatic heterocycles. The number of nitrogens with zero attached hydrogens (tertiary/aromatic N) is 2. The fraction of sp³-hybridized carbons (Fsp3) is 0.219. The maximum absolute atomic E-state index is 11.9. The Bertz CT molecular complexity index is 1590. The fourth-order valence-corrected chi connectivity index (χ4v) is 4.10. The normalized spacial score (nSPS) is 15.2. The molecule has 0 fully saturated rings. The number of ether oxygens (including phenoxy) is 4. The van der Waals surface area contributed by atoms with Crippen molar-refractivity contribution in [2.75, 3.05) is 39.1 Å². The Kier molecular flexibility index (Phi) is 9.61. The molecule has 3 aromatic carbocycles. The van der Waals surface area contributed by atoms with E-state index in [1.165, 1.54) is 14.0 Å². The van der Waals surface area contributed by atoms with E-state index in [0.717, 1.165) is 11.3 Å². The van der Waals surface area contributed by atoms with Crippen LogP contribution in [-0.2, 0) is 9.53 Å². The summed E-state index contributed by atoms with van der Waals surface area (Å²) in [5.41, 5.74) is 5.66. The molecule has 0 aliphatic heterocycles. The first-order valence-electron chi connectivity index (χ1n) is 13.1. The van der Waals surface area contributed by atoms with Crippen molar-refractivity contribution in [1.82, 2.24) is 0 Å². The summed E-state index contributed by atoms with van der Waals surface area (Å²) in [7, 11) is 6.30. The Labute approximate surface area is 245 Å². The molecular formula is C32H34N4O6. The van der Waals surface area contributed by atoms with Crippen molar-refractivity contribution >= 4 is 45.8 Å². The first kappa shape index (κ1) is 29.9. The highest BCUT2D eigenvalue weighted by molar-refractivity contribution is 6.21. The van der Waals surface area contributed by atoms with Gasteiger partial charge in [0.05, 0.1) is 51.2 Å². The van der Waals surface area contributed by atoms with Crippen molar-refractivity contribution < 1.29 is 28.8 Å². The molecule has 1 unspecified atom stereocenters. The minimum absolute atomic E-state index is 0.433. The molecule has 0 spiro atoms. The number of anilines is 3. The third-order valence-electron chi connectivity index (χ3n) is 6.30. The lowest BCUT2D eigenvalue weighted by Gasteiger charge is -2.16. The van der Waals surface area contributed by atoms with Gasteiger partial charge in [-0.05, 0) is 68.0 Å². The van der Waals surface area contributed by atoms with E-state index >= 15 is 0 Å². The van der Waals surface area contributed by atoms with Crippen molar-refractivity contribution in [3.05, 3.63) is 84.1 Å². The molecule has 0 bridgehead atoms. The van der Waals surface area contributed by atoms with Crippen LogP contribution in [0.25, 0.3) is 0 Å². The zero-order valence-electron chi connectivity index (χ0n) is 24.4.